The molecule has 1 N–H and O–H groups in total. The van der Waals surface area contributed by atoms with Crippen molar-refractivity contribution in [3.05, 3.63) is 53.6 Å². The van der Waals surface area contributed by atoms with Gasteiger partial charge >= 0.3 is 0 Å². The maximum absolute atomic E-state index is 11.0. The van der Waals surface area contributed by atoms with Crippen LogP contribution in [0.2, 0.25) is 0 Å². The summed E-state index contributed by atoms with van der Waals surface area (Å²) < 4.78 is 0. The van der Waals surface area contributed by atoms with Crippen LogP contribution in [0.25, 0.3) is 11.1 Å². The first-order chi connectivity index (χ1) is 8.24. The van der Waals surface area contributed by atoms with E-state index in [-0.39, 0.29) is 5.65 Å². The third-order valence-corrected chi connectivity index (χ3v) is 3.21. The minimum absolute atomic E-state index is 0.111. The van der Waals surface area contributed by atoms with Crippen molar-refractivity contribution in [2.75, 3.05) is 5.32 Å². The highest BCUT2D eigenvalue weighted by molar-refractivity contribution is 7.40. The van der Waals surface area contributed by atoms with Gasteiger partial charge in [0.05, 0.1) is 0 Å². The van der Waals surface area contributed by atoms with Gasteiger partial charge in [-0.3, -0.25) is 4.79 Å². The van der Waals surface area contributed by atoms with Gasteiger partial charge in [0.15, 0.2) is 0 Å². The summed E-state index contributed by atoms with van der Waals surface area (Å²) in [4.78, 5) is 11.0. The standard InChI is InChI=1S/C14H12NOP/c16-14(17)15-11-5-6-13-10(8-11)7-9-3-1-2-4-12(9)13/h1-6,8H,7,17H2,(H,15,16). The Morgan fingerprint density at radius 3 is 2.65 bits per heavy atom. The molecular weight excluding hydrogens is 229 g/mol. The van der Waals surface area contributed by atoms with Crippen LogP contribution in [0.15, 0.2) is 42.5 Å². The summed E-state index contributed by atoms with van der Waals surface area (Å²) in [6.45, 7) is 0. The third-order valence-electron chi connectivity index (χ3n) is 3.06. The Morgan fingerprint density at radius 1 is 1.06 bits per heavy atom. The first kappa shape index (κ1) is 10.5. The molecule has 3 rings (SSSR count). The molecule has 0 heterocycles. The van der Waals surface area contributed by atoms with Gasteiger partial charge in [0, 0.05) is 5.69 Å². The number of benzene rings is 2. The number of rotatable bonds is 1. The highest BCUT2D eigenvalue weighted by Gasteiger charge is 2.17. The first-order valence-electron chi connectivity index (χ1n) is 5.52. The zero-order valence-corrected chi connectivity index (χ0v) is 10.4. The molecule has 0 radical (unpaired) electrons. The van der Waals surface area contributed by atoms with Crippen LogP contribution < -0.4 is 5.32 Å². The lowest BCUT2D eigenvalue weighted by Crippen LogP contribution is -2.00. The van der Waals surface area contributed by atoms with Gasteiger partial charge in [-0.15, -0.1) is 0 Å². The molecule has 1 atom stereocenters. The molecule has 0 saturated carbocycles. The van der Waals surface area contributed by atoms with E-state index in [2.05, 4.69) is 51.0 Å². The van der Waals surface area contributed by atoms with Crippen LogP contribution in [0.3, 0.4) is 0 Å². The second-order valence-corrected chi connectivity index (χ2v) is 4.72. The molecule has 2 aromatic carbocycles. The van der Waals surface area contributed by atoms with Gasteiger partial charge in [-0.2, -0.15) is 0 Å². The average molecular weight is 241 g/mol. The lowest BCUT2D eigenvalue weighted by Gasteiger charge is -2.05. The fourth-order valence-electron chi connectivity index (χ4n) is 2.37. The number of hydrogen-bond acceptors (Lipinski definition) is 1. The highest BCUT2D eigenvalue weighted by atomic mass is 31.0. The summed E-state index contributed by atoms with van der Waals surface area (Å²) in [6.07, 6.45) is 0.950. The van der Waals surface area contributed by atoms with Gasteiger partial charge < -0.3 is 5.32 Å². The SMILES string of the molecule is O=C(P)Nc1ccc2c(c1)Cc1ccccc1-2. The lowest BCUT2D eigenvalue weighted by atomic mass is 10.1. The zero-order chi connectivity index (χ0) is 11.8. The lowest BCUT2D eigenvalue weighted by molar-refractivity contribution is 0.269. The largest absolute Gasteiger partial charge is 0.323 e. The van der Waals surface area contributed by atoms with Crippen LogP contribution in [-0.4, -0.2) is 5.65 Å². The minimum Gasteiger partial charge on any atom is -0.323 e. The number of anilines is 1. The predicted octanol–water partition coefficient (Wildman–Crippen LogP) is 3.66. The molecule has 3 heteroatoms. The molecule has 1 aliphatic carbocycles. The third kappa shape index (κ3) is 1.85. The second-order valence-electron chi connectivity index (χ2n) is 4.20. The molecule has 1 amide bonds. The fraction of sp³-hybridized carbons (Fsp3) is 0.0714. The maximum Gasteiger partial charge on any atom is 0.239 e. The number of nitrogens with one attached hydrogen (secondary N) is 1. The van der Waals surface area contributed by atoms with Crippen LogP contribution in [0.1, 0.15) is 11.1 Å². The van der Waals surface area contributed by atoms with Crippen molar-refractivity contribution in [3.63, 3.8) is 0 Å². The molecule has 17 heavy (non-hydrogen) atoms. The Labute approximate surface area is 102 Å². The van der Waals surface area contributed by atoms with E-state index in [1.165, 1.54) is 22.3 Å². The van der Waals surface area contributed by atoms with Crippen LogP contribution in [-0.2, 0) is 6.42 Å². The van der Waals surface area contributed by atoms with Crippen LogP contribution in [0.4, 0.5) is 10.5 Å². The Kier molecular flexibility index (Phi) is 2.45. The molecule has 2 nitrogen and oxygen atoms in total. The molecule has 0 fully saturated rings. The molecule has 0 spiro atoms. The predicted molar refractivity (Wildman–Crippen MR) is 73.4 cm³/mol. The van der Waals surface area contributed by atoms with E-state index >= 15 is 0 Å². The fourth-order valence-corrected chi connectivity index (χ4v) is 2.53. The molecule has 0 bridgehead atoms. The number of hydrogen-bond donors (Lipinski definition) is 1. The molecule has 2 aromatic rings. The van der Waals surface area contributed by atoms with Gasteiger partial charge in [-0.1, -0.05) is 30.3 Å². The Balaban J connectivity index is 2.04. The average Bonchev–Trinajstić information content (AvgIpc) is 2.65. The summed E-state index contributed by atoms with van der Waals surface area (Å²) >= 11 is 0. The number of amides is 1. The number of carbonyl (C=O) groups is 1. The summed E-state index contributed by atoms with van der Waals surface area (Å²) in [7, 11) is 2.13. The van der Waals surface area contributed by atoms with E-state index in [9.17, 15) is 4.79 Å². The van der Waals surface area contributed by atoms with Crippen LogP contribution in [0.5, 0.6) is 0 Å². The van der Waals surface area contributed by atoms with Crippen molar-refractivity contribution in [3.8, 4) is 11.1 Å². The van der Waals surface area contributed by atoms with Gasteiger partial charge in [0.2, 0.25) is 5.65 Å². The first-order valence-corrected chi connectivity index (χ1v) is 6.09. The molecule has 0 saturated heterocycles. The van der Waals surface area contributed by atoms with E-state index in [4.69, 9.17) is 0 Å². The van der Waals surface area contributed by atoms with Crippen molar-refractivity contribution in [1.29, 1.82) is 0 Å². The quantitative estimate of drug-likeness (QED) is 0.647. The van der Waals surface area contributed by atoms with Crippen molar-refractivity contribution in [1.82, 2.24) is 0 Å². The Hall–Kier alpha value is -1.66. The van der Waals surface area contributed by atoms with E-state index in [1.807, 2.05) is 6.07 Å². The van der Waals surface area contributed by atoms with Crippen LogP contribution >= 0.6 is 9.24 Å². The molecule has 0 aliphatic heterocycles. The Bertz CT molecular complexity index is 607. The van der Waals surface area contributed by atoms with Gasteiger partial charge in [0.25, 0.3) is 0 Å². The maximum atomic E-state index is 11.0. The van der Waals surface area contributed by atoms with E-state index in [0.717, 1.165) is 12.1 Å². The summed E-state index contributed by atoms with van der Waals surface area (Å²) in [5, 5.41) is 2.79. The van der Waals surface area contributed by atoms with Crippen molar-refractivity contribution in [2.45, 2.75) is 6.42 Å². The normalized spacial score (nSPS) is 11.8. The minimum atomic E-state index is -0.111. The van der Waals surface area contributed by atoms with Gasteiger partial charge in [-0.25, -0.2) is 0 Å². The topological polar surface area (TPSA) is 29.1 Å². The van der Waals surface area contributed by atoms with Crippen LogP contribution in [0, 0.1) is 0 Å². The van der Waals surface area contributed by atoms with Crippen molar-refractivity contribution in [2.24, 2.45) is 0 Å². The smallest absolute Gasteiger partial charge is 0.239 e. The monoisotopic (exact) mass is 241 g/mol. The zero-order valence-electron chi connectivity index (χ0n) is 9.23. The van der Waals surface area contributed by atoms with Crippen molar-refractivity contribution >= 4 is 20.6 Å². The number of carbonyl (C=O) groups excluding carboxylic acids is 1. The Morgan fingerprint density at radius 2 is 1.82 bits per heavy atom. The molecule has 1 aliphatic rings. The van der Waals surface area contributed by atoms with Gasteiger partial charge in [-0.05, 0) is 50.0 Å². The molecule has 1 unspecified atom stereocenters. The molecular formula is C14H12NOP. The summed E-state index contributed by atoms with van der Waals surface area (Å²) in [5.41, 5.74) is 5.98. The molecule has 0 aromatic heterocycles. The molecule has 84 valence electrons. The summed E-state index contributed by atoms with van der Waals surface area (Å²) in [5.74, 6) is 0. The van der Waals surface area contributed by atoms with E-state index in [0.29, 0.717) is 0 Å². The van der Waals surface area contributed by atoms with Crippen molar-refractivity contribution < 1.29 is 4.79 Å². The summed E-state index contributed by atoms with van der Waals surface area (Å²) in [6, 6.07) is 14.5. The van der Waals surface area contributed by atoms with Gasteiger partial charge in [0.1, 0.15) is 0 Å². The highest BCUT2D eigenvalue weighted by Crippen LogP contribution is 2.37. The van der Waals surface area contributed by atoms with E-state index in [1.54, 1.807) is 0 Å². The number of fused-ring (bicyclic) bond motifs is 3. The second kappa shape index (κ2) is 3.97. The van der Waals surface area contributed by atoms with E-state index < -0.39 is 0 Å².